The van der Waals surface area contributed by atoms with Gasteiger partial charge in [0.15, 0.2) is 0 Å². The minimum absolute atomic E-state index is 0.112. The van der Waals surface area contributed by atoms with Crippen molar-refractivity contribution in [3.05, 3.63) is 57.4 Å². The molecular formula is C23H19N5O2S. The molecule has 0 fully saturated rings. The third-order valence-corrected chi connectivity index (χ3v) is 6.80. The number of rotatable bonds is 2. The number of hydrogen-bond acceptors (Lipinski definition) is 6. The summed E-state index contributed by atoms with van der Waals surface area (Å²) in [6.07, 6.45) is 0. The largest absolute Gasteiger partial charge is 0.335 e. The summed E-state index contributed by atoms with van der Waals surface area (Å²) in [4.78, 5) is 27.3. The lowest BCUT2D eigenvalue weighted by Gasteiger charge is -2.15. The van der Waals surface area contributed by atoms with E-state index in [4.69, 9.17) is 9.51 Å². The van der Waals surface area contributed by atoms with Crippen molar-refractivity contribution in [2.75, 3.05) is 11.4 Å². The van der Waals surface area contributed by atoms with Crippen LogP contribution in [-0.4, -0.2) is 32.1 Å². The number of fused-ring (bicyclic) bond motifs is 4. The second kappa shape index (κ2) is 6.49. The third-order valence-electron chi connectivity index (χ3n) is 5.83. The van der Waals surface area contributed by atoms with E-state index in [1.165, 1.54) is 4.88 Å². The number of hydrogen-bond donors (Lipinski definition) is 0. The van der Waals surface area contributed by atoms with E-state index >= 15 is 0 Å². The molecule has 0 radical (unpaired) electrons. The van der Waals surface area contributed by atoms with Gasteiger partial charge in [0.05, 0.1) is 33.4 Å². The van der Waals surface area contributed by atoms with Crippen LogP contribution in [0.5, 0.6) is 0 Å². The lowest BCUT2D eigenvalue weighted by atomic mass is 10.0. The van der Waals surface area contributed by atoms with Gasteiger partial charge in [0.25, 0.3) is 11.6 Å². The van der Waals surface area contributed by atoms with Gasteiger partial charge in [0.1, 0.15) is 0 Å². The summed E-state index contributed by atoms with van der Waals surface area (Å²) in [5.74, 6) is 0.563. The first-order chi connectivity index (χ1) is 15.0. The molecule has 0 N–H and O–H groups in total. The highest BCUT2D eigenvalue weighted by Gasteiger charge is 2.31. The second-order valence-electron chi connectivity index (χ2n) is 7.84. The number of carbonyl (C=O) groups is 1. The van der Waals surface area contributed by atoms with E-state index in [1.807, 2.05) is 37.3 Å². The van der Waals surface area contributed by atoms with Gasteiger partial charge in [-0.2, -0.15) is 0 Å². The quantitative estimate of drug-likeness (QED) is 0.399. The number of anilines is 1. The Balaban J connectivity index is 1.52. The van der Waals surface area contributed by atoms with Gasteiger partial charge in [-0.25, -0.2) is 9.97 Å². The van der Waals surface area contributed by atoms with Gasteiger partial charge >= 0.3 is 0 Å². The lowest BCUT2D eigenvalue weighted by molar-refractivity contribution is 0.0990. The highest BCUT2D eigenvalue weighted by Crippen LogP contribution is 2.35. The van der Waals surface area contributed by atoms with Crippen molar-refractivity contribution in [2.24, 2.45) is 0 Å². The SMILES string of the molecule is Cc1cc(-c2cc(C(=O)N3CCn4c3nc3ccccc34)c3c(C)noc3n2)c(C)s1. The average Bonchev–Trinajstić information content (AvgIpc) is 3.50. The van der Waals surface area contributed by atoms with Crippen LogP contribution in [0.4, 0.5) is 5.95 Å². The summed E-state index contributed by atoms with van der Waals surface area (Å²) in [5.41, 5.74) is 5.25. The van der Waals surface area contributed by atoms with Crippen LogP contribution in [0.3, 0.4) is 0 Å². The Labute approximate surface area is 181 Å². The van der Waals surface area contributed by atoms with Crippen molar-refractivity contribution < 1.29 is 9.32 Å². The molecule has 0 unspecified atom stereocenters. The lowest BCUT2D eigenvalue weighted by Crippen LogP contribution is -2.29. The number of benzene rings is 1. The van der Waals surface area contributed by atoms with E-state index in [9.17, 15) is 4.79 Å². The number of amides is 1. The predicted octanol–water partition coefficient (Wildman–Crippen LogP) is 4.89. The first-order valence-electron chi connectivity index (χ1n) is 10.1. The maximum absolute atomic E-state index is 13.8. The summed E-state index contributed by atoms with van der Waals surface area (Å²) >= 11 is 1.71. The molecule has 1 aliphatic heterocycles. The summed E-state index contributed by atoms with van der Waals surface area (Å²) in [6.45, 7) is 7.26. The summed E-state index contributed by atoms with van der Waals surface area (Å²) in [5, 5.41) is 4.74. The zero-order chi connectivity index (χ0) is 21.3. The molecule has 0 spiro atoms. The molecule has 0 aliphatic carbocycles. The Morgan fingerprint density at radius 3 is 2.74 bits per heavy atom. The fraction of sp³-hybridized carbons (Fsp3) is 0.217. The topological polar surface area (TPSA) is 77.0 Å². The normalized spacial score (nSPS) is 13.5. The van der Waals surface area contributed by atoms with Crippen LogP contribution in [0, 0.1) is 20.8 Å². The van der Waals surface area contributed by atoms with Crippen LogP contribution in [0.2, 0.25) is 0 Å². The van der Waals surface area contributed by atoms with Crippen LogP contribution in [0.1, 0.15) is 25.8 Å². The predicted molar refractivity (Wildman–Crippen MR) is 121 cm³/mol. The Morgan fingerprint density at radius 2 is 1.94 bits per heavy atom. The first-order valence-corrected chi connectivity index (χ1v) is 10.9. The van der Waals surface area contributed by atoms with Gasteiger partial charge in [-0.3, -0.25) is 9.69 Å². The summed E-state index contributed by atoms with van der Waals surface area (Å²) in [7, 11) is 0. The molecule has 5 heterocycles. The van der Waals surface area contributed by atoms with Crippen molar-refractivity contribution >= 4 is 45.3 Å². The molecule has 1 aromatic carbocycles. The molecule has 31 heavy (non-hydrogen) atoms. The van der Waals surface area contributed by atoms with Crippen LogP contribution >= 0.6 is 11.3 Å². The maximum atomic E-state index is 13.8. The molecule has 1 aliphatic rings. The molecule has 0 saturated heterocycles. The van der Waals surface area contributed by atoms with Crippen LogP contribution < -0.4 is 4.90 Å². The van der Waals surface area contributed by atoms with Gasteiger partial charge in [-0.15, -0.1) is 11.3 Å². The Morgan fingerprint density at radius 1 is 1.10 bits per heavy atom. The smallest absolute Gasteiger partial charge is 0.261 e. The number of aromatic nitrogens is 4. The summed E-state index contributed by atoms with van der Waals surface area (Å²) < 4.78 is 7.58. The maximum Gasteiger partial charge on any atom is 0.261 e. The van der Waals surface area contributed by atoms with Crippen molar-refractivity contribution in [1.82, 2.24) is 19.7 Å². The highest BCUT2D eigenvalue weighted by atomic mass is 32.1. The van der Waals surface area contributed by atoms with E-state index in [1.54, 1.807) is 16.2 Å². The second-order valence-corrected chi connectivity index (χ2v) is 9.30. The highest BCUT2D eigenvalue weighted by molar-refractivity contribution is 7.12. The van der Waals surface area contributed by atoms with Crippen LogP contribution in [0.25, 0.3) is 33.4 Å². The van der Waals surface area contributed by atoms with Crippen LogP contribution in [0.15, 0.2) is 40.9 Å². The fourth-order valence-corrected chi connectivity index (χ4v) is 5.35. The average molecular weight is 430 g/mol. The molecule has 7 nitrogen and oxygen atoms in total. The van der Waals surface area contributed by atoms with E-state index < -0.39 is 0 Å². The number of aryl methyl sites for hydroxylation is 3. The molecule has 1 amide bonds. The minimum atomic E-state index is -0.112. The van der Waals surface area contributed by atoms with Crippen molar-refractivity contribution in [3.8, 4) is 11.3 Å². The number of nitrogens with zero attached hydrogens (tertiary/aromatic N) is 5. The van der Waals surface area contributed by atoms with Crippen LogP contribution in [-0.2, 0) is 6.54 Å². The van der Waals surface area contributed by atoms with Gasteiger partial charge < -0.3 is 9.09 Å². The molecule has 4 aromatic heterocycles. The monoisotopic (exact) mass is 429 g/mol. The van der Waals surface area contributed by atoms with Crippen molar-refractivity contribution in [1.29, 1.82) is 0 Å². The van der Waals surface area contributed by atoms with E-state index in [0.717, 1.165) is 27.2 Å². The van der Waals surface area contributed by atoms with E-state index in [-0.39, 0.29) is 5.91 Å². The van der Waals surface area contributed by atoms with Crippen molar-refractivity contribution in [2.45, 2.75) is 27.3 Å². The zero-order valence-electron chi connectivity index (χ0n) is 17.3. The Bertz CT molecular complexity index is 1510. The number of pyridine rings is 1. The molecule has 8 heteroatoms. The van der Waals surface area contributed by atoms with E-state index in [0.29, 0.717) is 41.4 Å². The molecule has 0 atom stereocenters. The first kappa shape index (κ1) is 18.3. The third kappa shape index (κ3) is 2.64. The van der Waals surface area contributed by atoms with Crippen molar-refractivity contribution in [3.63, 3.8) is 0 Å². The Kier molecular flexibility index (Phi) is 3.82. The molecule has 0 bridgehead atoms. The molecular weight excluding hydrogens is 410 g/mol. The minimum Gasteiger partial charge on any atom is -0.335 e. The Hall–Kier alpha value is -3.52. The van der Waals surface area contributed by atoms with Gasteiger partial charge in [0, 0.05) is 28.4 Å². The van der Waals surface area contributed by atoms with E-state index in [2.05, 4.69) is 34.6 Å². The van der Waals surface area contributed by atoms with Gasteiger partial charge in [-0.1, -0.05) is 17.3 Å². The number of carbonyl (C=O) groups excluding carboxylic acids is 1. The standard InChI is InChI=1S/C23H19N5O2S/c1-12-10-15(14(3)31-12)18-11-16(20-13(2)26-30-21(20)24-18)22(29)28-9-8-27-19-7-5-4-6-17(19)25-23(27)28/h4-7,10-11H,8-9H2,1-3H3. The molecule has 6 rings (SSSR count). The number of thiophene rings is 1. The number of imidazole rings is 1. The zero-order valence-corrected chi connectivity index (χ0v) is 18.2. The fourth-order valence-electron chi connectivity index (χ4n) is 4.41. The molecule has 0 saturated carbocycles. The summed E-state index contributed by atoms with van der Waals surface area (Å²) in [6, 6.07) is 11.9. The molecule has 154 valence electrons. The van der Waals surface area contributed by atoms with Gasteiger partial charge in [0.2, 0.25) is 5.95 Å². The van der Waals surface area contributed by atoms with Gasteiger partial charge in [-0.05, 0) is 45.0 Å². The number of para-hydroxylation sites is 2. The molecule has 5 aromatic rings.